The summed E-state index contributed by atoms with van der Waals surface area (Å²) < 4.78 is 10.9. The Labute approximate surface area is 176 Å². The van der Waals surface area contributed by atoms with Crippen molar-refractivity contribution in [3.63, 3.8) is 0 Å². The van der Waals surface area contributed by atoms with Crippen LogP contribution in [-0.2, 0) is 14.3 Å². The molecule has 2 heterocycles. The van der Waals surface area contributed by atoms with E-state index in [4.69, 9.17) is 9.47 Å². The van der Waals surface area contributed by atoms with Gasteiger partial charge < -0.3 is 19.8 Å². The number of H-pyrrole nitrogens is 1. The van der Waals surface area contributed by atoms with Crippen molar-refractivity contribution in [2.45, 2.75) is 19.3 Å². The predicted octanol–water partition coefficient (Wildman–Crippen LogP) is 3.66. The summed E-state index contributed by atoms with van der Waals surface area (Å²) in [6, 6.07) is 7.63. The molecule has 29 heavy (non-hydrogen) atoms. The highest BCUT2D eigenvalue weighted by atomic mass is 79.9. The molecule has 2 aromatic heterocycles. The van der Waals surface area contributed by atoms with Crippen LogP contribution >= 0.6 is 15.9 Å². The van der Waals surface area contributed by atoms with Gasteiger partial charge in [-0.3, -0.25) is 4.79 Å². The minimum atomic E-state index is -0.539. The van der Waals surface area contributed by atoms with E-state index in [1.54, 1.807) is 13.1 Å². The molecule has 0 amide bonds. The van der Waals surface area contributed by atoms with Gasteiger partial charge in [0.1, 0.15) is 17.4 Å². The van der Waals surface area contributed by atoms with Crippen LogP contribution in [0.3, 0.4) is 0 Å². The molecule has 8 nitrogen and oxygen atoms in total. The Balaban J connectivity index is 1.75. The smallest absolute Gasteiger partial charge is 0.358 e. The molecule has 0 fully saturated rings. The number of hydrogen-bond donors (Lipinski definition) is 2. The van der Waals surface area contributed by atoms with Gasteiger partial charge in [-0.05, 0) is 31.0 Å². The fraction of sp³-hybridized carbons (Fsp3) is 0.300. The normalized spacial score (nSPS) is 11.8. The van der Waals surface area contributed by atoms with Crippen LogP contribution in [0.1, 0.15) is 35.3 Å². The van der Waals surface area contributed by atoms with Crippen molar-refractivity contribution in [2.24, 2.45) is 0 Å². The summed E-state index contributed by atoms with van der Waals surface area (Å²) in [5.74, 6) is -1.18. The van der Waals surface area contributed by atoms with Crippen LogP contribution in [0.15, 0.2) is 41.3 Å². The minimum absolute atomic E-state index is 0.171. The largest absolute Gasteiger partial charge is 0.466 e. The zero-order valence-electron chi connectivity index (χ0n) is 16.1. The molecule has 0 spiro atoms. The molecule has 2 N–H and O–H groups in total. The summed E-state index contributed by atoms with van der Waals surface area (Å²) >= 11 is 3.41. The van der Waals surface area contributed by atoms with Crippen molar-refractivity contribution in [1.82, 2.24) is 15.0 Å². The third kappa shape index (κ3) is 4.73. The van der Waals surface area contributed by atoms with Gasteiger partial charge in [-0.1, -0.05) is 28.1 Å². The first kappa shape index (κ1) is 20.8. The molecule has 0 saturated carbocycles. The number of carbonyl (C=O) groups is 2. The third-order valence-electron chi connectivity index (χ3n) is 4.43. The molecular formula is C20H21BrN4O4. The van der Waals surface area contributed by atoms with Gasteiger partial charge in [-0.25, -0.2) is 14.8 Å². The van der Waals surface area contributed by atoms with E-state index >= 15 is 0 Å². The maximum Gasteiger partial charge on any atom is 0.358 e. The molecule has 0 bridgehead atoms. The van der Waals surface area contributed by atoms with Crippen molar-refractivity contribution < 1.29 is 19.1 Å². The number of ether oxygens (including phenoxy) is 2. The summed E-state index contributed by atoms with van der Waals surface area (Å²) in [6.07, 6.45) is 3.56. The molecular weight excluding hydrogens is 440 g/mol. The van der Waals surface area contributed by atoms with Crippen molar-refractivity contribution in [1.29, 1.82) is 0 Å². The van der Waals surface area contributed by atoms with E-state index in [9.17, 15) is 9.59 Å². The van der Waals surface area contributed by atoms with Crippen LogP contribution in [0, 0.1) is 0 Å². The lowest BCUT2D eigenvalue weighted by Crippen LogP contribution is -2.19. The summed E-state index contributed by atoms with van der Waals surface area (Å²) in [6.45, 7) is 2.62. The van der Waals surface area contributed by atoms with Crippen LogP contribution in [0.4, 0.5) is 5.69 Å². The lowest BCUT2D eigenvalue weighted by molar-refractivity contribution is -0.145. The van der Waals surface area contributed by atoms with E-state index in [1.165, 1.54) is 13.4 Å². The fourth-order valence-electron chi connectivity index (χ4n) is 3.04. The lowest BCUT2D eigenvalue weighted by Gasteiger charge is -2.16. The number of methoxy groups -OCH3 is 1. The van der Waals surface area contributed by atoms with E-state index < -0.39 is 5.97 Å². The first-order chi connectivity index (χ1) is 14.0. The van der Waals surface area contributed by atoms with E-state index in [0.717, 1.165) is 10.0 Å². The molecule has 1 unspecified atom stereocenters. The van der Waals surface area contributed by atoms with Gasteiger partial charge in [-0.15, -0.1) is 0 Å². The Morgan fingerprint density at radius 2 is 2.00 bits per heavy atom. The van der Waals surface area contributed by atoms with Crippen molar-refractivity contribution in [3.05, 3.63) is 52.5 Å². The van der Waals surface area contributed by atoms with Gasteiger partial charge in [0.2, 0.25) is 0 Å². The number of aromatic nitrogens is 3. The Morgan fingerprint density at radius 1 is 1.24 bits per heavy atom. The Bertz CT molecular complexity index is 1000. The van der Waals surface area contributed by atoms with E-state index in [-0.39, 0.29) is 17.6 Å². The van der Waals surface area contributed by atoms with Crippen molar-refractivity contribution >= 4 is 44.6 Å². The second-order valence-corrected chi connectivity index (χ2v) is 7.13. The molecule has 0 saturated heterocycles. The van der Waals surface area contributed by atoms with E-state index in [1.807, 2.05) is 24.3 Å². The minimum Gasteiger partial charge on any atom is -0.466 e. The third-order valence-corrected chi connectivity index (χ3v) is 4.96. The van der Waals surface area contributed by atoms with Gasteiger partial charge in [0, 0.05) is 17.2 Å². The number of nitrogens with zero attached hydrogens (tertiary/aromatic N) is 2. The summed E-state index contributed by atoms with van der Waals surface area (Å²) in [7, 11) is 1.30. The zero-order chi connectivity index (χ0) is 20.8. The molecule has 3 aromatic rings. The highest BCUT2D eigenvalue weighted by molar-refractivity contribution is 9.10. The molecule has 1 aromatic carbocycles. The fourth-order valence-corrected chi connectivity index (χ4v) is 3.30. The number of aromatic amines is 1. The van der Waals surface area contributed by atoms with Crippen LogP contribution < -0.4 is 5.32 Å². The van der Waals surface area contributed by atoms with Gasteiger partial charge in [-0.2, -0.15) is 0 Å². The first-order valence-corrected chi connectivity index (χ1v) is 9.90. The van der Waals surface area contributed by atoms with Gasteiger partial charge in [0.15, 0.2) is 5.69 Å². The topological polar surface area (TPSA) is 106 Å². The number of hydrogen-bond acceptors (Lipinski definition) is 7. The number of esters is 2. The quantitative estimate of drug-likeness (QED) is 0.493. The van der Waals surface area contributed by atoms with Crippen LogP contribution in [0.25, 0.3) is 11.0 Å². The Kier molecular flexibility index (Phi) is 6.82. The average molecular weight is 461 g/mol. The van der Waals surface area contributed by atoms with Gasteiger partial charge in [0.05, 0.1) is 25.3 Å². The molecule has 1 atom stereocenters. The highest BCUT2D eigenvalue weighted by Gasteiger charge is 2.22. The number of rotatable bonds is 8. The van der Waals surface area contributed by atoms with E-state index in [2.05, 4.69) is 36.2 Å². The number of halogens is 1. The number of benzene rings is 1. The number of carbonyl (C=O) groups excluding carboxylic acids is 2. The van der Waals surface area contributed by atoms with Crippen LogP contribution in [0.2, 0.25) is 0 Å². The Hall–Kier alpha value is -2.94. The molecule has 0 radical (unpaired) electrons. The molecule has 9 heteroatoms. The van der Waals surface area contributed by atoms with Crippen molar-refractivity contribution in [3.8, 4) is 0 Å². The van der Waals surface area contributed by atoms with Gasteiger partial charge >= 0.3 is 11.9 Å². The second-order valence-electron chi connectivity index (χ2n) is 6.21. The highest BCUT2D eigenvalue weighted by Crippen LogP contribution is 2.26. The average Bonchev–Trinajstić information content (AvgIpc) is 3.15. The number of fused-ring (bicyclic) bond motifs is 1. The number of nitrogens with one attached hydrogen (secondary N) is 2. The maximum absolute atomic E-state index is 12.4. The molecule has 0 aliphatic heterocycles. The monoisotopic (exact) mass is 460 g/mol. The standard InChI is InChI=1S/C20H21BrN4O4/c1-3-29-19(26)14(12-4-6-13(21)7-5-12)8-9-22-15-10-23-17-16(15)24-11-25-18(17)20(27)28-2/h4-7,10-11,14,22-23H,3,8-9H2,1-2H3. The molecule has 0 aliphatic rings. The SMILES string of the molecule is CCOC(=O)C(CCNc1c[nH]c2c(C(=O)OC)ncnc12)c1ccc(Br)cc1. The maximum atomic E-state index is 12.4. The van der Waals surface area contributed by atoms with Crippen molar-refractivity contribution in [2.75, 3.05) is 25.6 Å². The lowest BCUT2D eigenvalue weighted by atomic mass is 9.96. The van der Waals surface area contributed by atoms with Crippen LogP contribution in [0.5, 0.6) is 0 Å². The van der Waals surface area contributed by atoms with E-state index in [0.29, 0.717) is 36.3 Å². The summed E-state index contributed by atoms with van der Waals surface area (Å²) in [5.41, 5.74) is 2.85. The second kappa shape index (κ2) is 9.51. The van der Waals surface area contributed by atoms with Gasteiger partial charge in [0.25, 0.3) is 0 Å². The Morgan fingerprint density at radius 3 is 2.69 bits per heavy atom. The first-order valence-electron chi connectivity index (χ1n) is 9.11. The number of anilines is 1. The molecule has 0 aliphatic carbocycles. The summed E-state index contributed by atoms with van der Waals surface area (Å²) in [4.78, 5) is 35.5. The predicted molar refractivity (Wildman–Crippen MR) is 112 cm³/mol. The zero-order valence-corrected chi connectivity index (χ0v) is 17.7. The molecule has 3 rings (SSSR count). The van der Waals surface area contributed by atoms with Crippen LogP contribution in [-0.4, -0.2) is 47.2 Å². The molecule has 152 valence electrons. The summed E-state index contributed by atoms with van der Waals surface area (Å²) in [5, 5.41) is 3.27.